The van der Waals surface area contributed by atoms with Crippen LogP contribution in [0.3, 0.4) is 0 Å². The van der Waals surface area contributed by atoms with Crippen molar-refractivity contribution < 1.29 is 13.2 Å². The second-order valence-corrected chi connectivity index (χ2v) is 8.33. The van der Waals surface area contributed by atoms with Gasteiger partial charge in [-0.1, -0.05) is 48.2 Å². The number of thioether (sulfide) groups is 1. The van der Waals surface area contributed by atoms with Crippen molar-refractivity contribution in [2.24, 2.45) is 0 Å². The zero-order chi connectivity index (χ0) is 20.4. The maximum atomic E-state index is 13.0. The molecule has 0 amide bonds. The Labute approximate surface area is 174 Å². The van der Waals surface area contributed by atoms with Crippen molar-refractivity contribution in [3.8, 4) is 16.4 Å². The van der Waals surface area contributed by atoms with Crippen LogP contribution in [0.4, 0.5) is 13.2 Å². The average Bonchev–Trinajstić information content (AvgIpc) is 3.35. The predicted molar refractivity (Wildman–Crippen MR) is 110 cm³/mol. The van der Waals surface area contributed by atoms with Gasteiger partial charge in [-0.25, -0.2) is 0 Å². The molecule has 2 aromatic carbocycles. The van der Waals surface area contributed by atoms with Crippen LogP contribution in [0.15, 0.2) is 71.2 Å². The Morgan fingerprint density at radius 2 is 1.83 bits per heavy atom. The Kier molecular flexibility index (Phi) is 5.47. The molecule has 0 bridgehead atoms. The predicted octanol–water partition coefficient (Wildman–Crippen LogP) is 6.62. The van der Waals surface area contributed by atoms with Crippen LogP contribution in [0.5, 0.6) is 0 Å². The molecule has 4 aromatic rings. The number of aromatic nitrogens is 3. The molecule has 0 unspecified atom stereocenters. The number of thiophene rings is 1. The number of hydrogen-bond acceptors (Lipinski definition) is 4. The molecule has 2 heterocycles. The minimum atomic E-state index is -4.35. The lowest BCUT2D eigenvalue weighted by atomic mass is 10.1. The second-order valence-electron chi connectivity index (χ2n) is 6.44. The van der Waals surface area contributed by atoms with E-state index in [-0.39, 0.29) is 0 Å². The van der Waals surface area contributed by atoms with E-state index in [0.717, 1.165) is 28.0 Å². The summed E-state index contributed by atoms with van der Waals surface area (Å²) >= 11 is 2.93. The summed E-state index contributed by atoms with van der Waals surface area (Å²) in [5.41, 5.74) is 1.96. The molecule has 0 fully saturated rings. The minimum Gasteiger partial charge on any atom is -0.269 e. The highest BCUT2D eigenvalue weighted by Gasteiger charge is 2.30. The zero-order valence-electron chi connectivity index (χ0n) is 15.3. The van der Waals surface area contributed by atoms with Crippen LogP contribution in [-0.2, 0) is 11.9 Å². The van der Waals surface area contributed by atoms with Crippen LogP contribution < -0.4 is 0 Å². The number of rotatable bonds is 5. The lowest BCUT2D eigenvalue weighted by Gasteiger charge is -2.11. The van der Waals surface area contributed by atoms with Crippen molar-refractivity contribution >= 4 is 23.1 Å². The highest BCUT2D eigenvalue weighted by molar-refractivity contribution is 7.98. The van der Waals surface area contributed by atoms with E-state index >= 15 is 0 Å². The summed E-state index contributed by atoms with van der Waals surface area (Å²) in [6, 6.07) is 17.3. The second kappa shape index (κ2) is 8.04. The zero-order valence-corrected chi connectivity index (χ0v) is 17.0. The van der Waals surface area contributed by atoms with Crippen molar-refractivity contribution in [3.63, 3.8) is 0 Å². The highest BCUT2D eigenvalue weighted by Crippen LogP contribution is 2.33. The average molecular weight is 432 g/mol. The lowest BCUT2D eigenvalue weighted by Crippen LogP contribution is -2.05. The molecule has 0 radical (unpaired) electrons. The van der Waals surface area contributed by atoms with E-state index in [2.05, 4.69) is 10.2 Å². The number of aryl methyl sites for hydroxylation is 1. The van der Waals surface area contributed by atoms with E-state index in [1.54, 1.807) is 17.4 Å². The van der Waals surface area contributed by atoms with E-state index in [0.29, 0.717) is 16.5 Å². The van der Waals surface area contributed by atoms with E-state index in [9.17, 15) is 13.2 Å². The van der Waals surface area contributed by atoms with Crippen molar-refractivity contribution in [1.82, 2.24) is 14.8 Å². The van der Waals surface area contributed by atoms with E-state index in [1.165, 1.54) is 23.9 Å². The number of hydrogen-bond donors (Lipinski definition) is 0. The van der Waals surface area contributed by atoms with Gasteiger partial charge in [0.05, 0.1) is 16.1 Å². The van der Waals surface area contributed by atoms with Gasteiger partial charge in [-0.2, -0.15) is 13.2 Å². The molecule has 4 rings (SSSR count). The smallest absolute Gasteiger partial charge is 0.269 e. The Hall–Kier alpha value is -2.58. The molecule has 0 spiro atoms. The third kappa shape index (κ3) is 4.38. The van der Waals surface area contributed by atoms with Gasteiger partial charge in [0.25, 0.3) is 0 Å². The first-order valence-electron chi connectivity index (χ1n) is 8.77. The van der Waals surface area contributed by atoms with Crippen molar-refractivity contribution in [3.05, 3.63) is 82.7 Å². The monoisotopic (exact) mass is 431 g/mol. The molecule has 29 heavy (non-hydrogen) atoms. The van der Waals surface area contributed by atoms with Crippen molar-refractivity contribution in [2.75, 3.05) is 0 Å². The molecular weight excluding hydrogens is 415 g/mol. The van der Waals surface area contributed by atoms with Crippen LogP contribution in [0, 0.1) is 6.92 Å². The summed E-state index contributed by atoms with van der Waals surface area (Å²) in [5, 5.41) is 11.3. The molecule has 0 saturated heterocycles. The first kappa shape index (κ1) is 19.7. The summed E-state index contributed by atoms with van der Waals surface area (Å²) in [6.07, 6.45) is -4.35. The molecule has 0 N–H and O–H groups in total. The van der Waals surface area contributed by atoms with Gasteiger partial charge in [0.1, 0.15) is 0 Å². The Morgan fingerprint density at radius 1 is 1.00 bits per heavy atom. The molecule has 0 aliphatic heterocycles. The molecule has 0 aliphatic rings. The highest BCUT2D eigenvalue weighted by atomic mass is 32.2. The normalized spacial score (nSPS) is 11.7. The fourth-order valence-electron chi connectivity index (χ4n) is 2.91. The summed E-state index contributed by atoms with van der Waals surface area (Å²) < 4.78 is 40.9. The van der Waals surface area contributed by atoms with Gasteiger partial charge < -0.3 is 0 Å². The van der Waals surface area contributed by atoms with Crippen LogP contribution in [0.25, 0.3) is 16.4 Å². The molecule has 0 atom stereocenters. The standard InChI is InChI=1S/C21H16F3N3S2/c1-14-5-2-8-17(11-14)27-19(18-9-4-10-28-18)25-26-20(27)29-13-15-6-3-7-16(12-15)21(22,23)24/h2-12H,13H2,1H3. The van der Waals surface area contributed by atoms with Crippen LogP contribution in [-0.4, -0.2) is 14.8 Å². The minimum absolute atomic E-state index is 0.359. The number of alkyl halides is 3. The van der Waals surface area contributed by atoms with Crippen LogP contribution >= 0.6 is 23.1 Å². The summed E-state index contributed by atoms with van der Waals surface area (Å²) in [6.45, 7) is 2.01. The number of halogens is 3. The third-order valence-corrected chi connectivity index (χ3v) is 6.12. The fraction of sp³-hybridized carbons (Fsp3) is 0.143. The van der Waals surface area contributed by atoms with Crippen molar-refractivity contribution in [1.29, 1.82) is 0 Å². The third-order valence-electron chi connectivity index (χ3n) is 4.26. The topological polar surface area (TPSA) is 30.7 Å². The SMILES string of the molecule is Cc1cccc(-n2c(SCc3cccc(C(F)(F)F)c3)nnc2-c2cccs2)c1. The van der Waals surface area contributed by atoms with Crippen LogP contribution in [0.2, 0.25) is 0 Å². The number of nitrogens with zero attached hydrogens (tertiary/aromatic N) is 3. The molecule has 2 aromatic heterocycles. The van der Waals surface area contributed by atoms with Gasteiger partial charge in [-0.3, -0.25) is 4.57 Å². The van der Waals surface area contributed by atoms with Gasteiger partial charge in [-0.15, -0.1) is 21.5 Å². The van der Waals surface area contributed by atoms with Gasteiger partial charge in [0.2, 0.25) is 0 Å². The van der Waals surface area contributed by atoms with Gasteiger partial charge >= 0.3 is 6.18 Å². The maximum Gasteiger partial charge on any atom is 0.416 e. The maximum absolute atomic E-state index is 13.0. The van der Waals surface area contributed by atoms with Gasteiger partial charge in [0.15, 0.2) is 11.0 Å². The first-order chi connectivity index (χ1) is 13.9. The van der Waals surface area contributed by atoms with Crippen LogP contribution in [0.1, 0.15) is 16.7 Å². The Morgan fingerprint density at radius 3 is 2.55 bits per heavy atom. The molecule has 0 saturated carbocycles. The summed E-state index contributed by atoms with van der Waals surface area (Å²) in [5.74, 6) is 1.08. The van der Waals surface area contributed by atoms with E-state index in [4.69, 9.17) is 0 Å². The van der Waals surface area contributed by atoms with Gasteiger partial charge in [0, 0.05) is 5.75 Å². The van der Waals surface area contributed by atoms with Gasteiger partial charge in [-0.05, 0) is 47.7 Å². The number of benzene rings is 2. The molecule has 0 aliphatic carbocycles. The van der Waals surface area contributed by atoms with E-state index in [1.807, 2.05) is 53.3 Å². The quantitative estimate of drug-likeness (QED) is 0.333. The molecule has 3 nitrogen and oxygen atoms in total. The van der Waals surface area contributed by atoms with E-state index < -0.39 is 11.7 Å². The fourth-order valence-corrected chi connectivity index (χ4v) is 4.51. The lowest BCUT2D eigenvalue weighted by molar-refractivity contribution is -0.137. The van der Waals surface area contributed by atoms with Crippen molar-refractivity contribution in [2.45, 2.75) is 24.0 Å². The summed E-state index contributed by atoms with van der Waals surface area (Å²) in [4.78, 5) is 0.977. The summed E-state index contributed by atoms with van der Waals surface area (Å²) in [7, 11) is 0. The largest absolute Gasteiger partial charge is 0.416 e. The molecule has 148 valence electrons. The first-order valence-corrected chi connectivity index (χ1v) is 10.6. The Bertz CT molecular complexity index is 1120. The molecule has 8 heteroatoms. The molecular formula is C21H16F3N3S2. The Balaban J connectivity index is 1.68.